The molecule has 0 spiro atoms. The molecule has 0 bridgehead atoms. The van der Waals surface area contributed by atoms with Gasteiger partial charge in [0.15, 0.2) is 6.10 Å². The first-order valence-corrected chi connectivity index (χ1v) is 12.0. The molecule has 2 aromatic rings. The standard InChI is InChI=1S/C22H29N3O4S/c1-17(29-21-13-11-19(12-14-21)24(2)30(3,27)28)22(26)23-18-7-9-20(10-8-18)25-15-5-4-6-16-25/h7-14,17H,4-6,15-16H2,1-3H3,(H,23,26)/t17-/m1/s1. The van der Waals surface area contributed by atoms with Crippen LogP contribution < -0.4 is 19.3 Å². The third-order valence-electron chi connectivity index (χ3n) is 5.24. The van der Waals surface area contributed by atoms with Gasteiger partial charge in [-0.05, 0) is 74.7 Å². The van der Waals surface area contributed by atoms with Crippen molar-refractivity contribution in [2.45, 2.75) is 32.3 Å². The summed E-state index contributed by atoms with van der Waals surface area (Å²) in [5.74, 6) is 0.238. The number of rotatable bonds is 7. The van der Waals surface area contributed by atoms with E-state index in [0.717, 1.165) is 25.0 Å². The molecule has 7 nitrogen and oxygen atoms in total. The van der Waals surface area contributed by atoms with Gasteiger partial charge in [-0.2, -0.15) is 0 Å². The zero-order valence-corrected chi connectivity index (χ0v) is 18.5. The molecule has 2 aromatic carbocycles. The second-order valence-electron chi connectivity index (χ2n) is 7.57. The number of hydrogen-bond donors (Lipinski definition) is 1. The number of piperidine rings is 1. The molecule has 30 heavy (non-hydrogen) atoms. The highest BCUT2D eigenvalue weighted by Crippen LogP contribution is 2.23. The van der Waals surface area contributed by atoms with Crippen LogP contribution in [-0.2, 0) is 14.8 Å². The maximum absolute atomic E-state index is 12.5. The van der Waals surface area contributed by atoms with E-state index in [9.17, 15) is 13.2 Å². The Morgan fingerprint density at radius 1 is 1.03 bits per heavy atom. The fraction of sp³-hybridized carbons (Fsp3) is 0.409. The van der Waals surface area contributed by atoms with Gasteiger partial charge in [0.25, 0.3) is 5.91 Å². The summed E-state index contributed by atoms with van der Waals surface area (Å²) < 4.78 is 30.1. The van der Waals surface area contributed by atoms with Crippen molar-refractivity contribution in [2.75, 3.05) is 40.9 Å². The van der Waals surface area contributed by atoms with Gasteiger partial charge in [0.1, 0.15) is 5.75 Å². The molecular weight excluding hydrogens is 402 g/mol. The van der Waals surface area contributed by atoms with Crippen LogP contribution in [0.3, 0.4) is 0 Å². The summed E-state index contributed by atoms with van der Waals surface area (Å²) in [6.45, 7) is 3.83. The number of sulfonamides is 1. The second-order valence-corrected chi connectivity index (χ2v) is 9.58. The summed E-state index contributed by atoms with van der Waals surface area (Å²) in [6.07, 6.45) is 4.17. The molecule has 1 N–H and O–H groups in total. The Labute approximate surface area is 178 Å². The van der Waals surface area contributed by atoms with E-state index in [1.165, 1.54) is 36.3 Å². The molecule has 8 heteroatoms. The molecule has 0 aromatic heterocycles. The molecule has 0 radical (unpaired) electrons. The van der Waals surface area contributed by atoms with E-state index in [1.54, 1.807) is 31.2 Å². The number of carbonyl (C=O) groups excluding carboxylic acids is 1. The third kappa shape index (κ3) is 5.66. The van der Waals surface area contributed by atoms with E-state index in [0.29, 0.717) is 11.4 Å². The molecule has 1 aliphatic rings. The average Bonchev–Trinajstić information content (AvgIpc) is 2.74. The first-order chi connectivity index (χ1) is 14.2. The molecule has 1 fully saturated rings. The molecule has 1 heterocycles. The zero-order chi connectivity index (χ0) is 21.7. The lowest BCUT2D eigenvalue weighted by Crippen LogP contribution is -2.30. The molecular formula is C22H29N3O4S. The highest BCUT2D eigenvalue weighted by molar-refractivity contribution is 7.92. The first kappa shape index (κ1) is 22.0. The van der Waals surface area contributed by atoms with Gasteiger partial charge in [0, 0.05) is 31.5 Å². The number of hydrogen-bond acceptors (Lipinski definition) is 5. The second kappa shape index (κ2) is 9.38. The van der Waals surface area contributed by atoms with Crippen LogP contribution in [0, 0.1) is 0 Å². The number of anilines is 3. The van der Waals surface area contributed by atoms with Crippen LogP contribution in [0.4, 0.5) is 17.1 Å². The molecule has 0 aliphatic carbocycles. The number of nitrogens with one attached hydrogen (secondary N) is 1. The van der Waals surface area contributed by atoms with Crippen molar-refractivity contribution in [2.24, 2.45) is 0 Å². The summed E-state index contributed by atoms with van der Waals surface area (Å²) >= 11 is 0. The highest BCUT2D eigenvalue weighted by Gasteiger charge is 2.17. The molecule has 1 aliphatic heterocycles. The van der Waals surface area contributed by atoms with Gasteiger partial charge in [0.05, 0.1) is 11.9 Å². The topological polar surface area (TPSA) is 78.9 Å². The van der Waals surface area contributed by atoms with Gasteiger partial charge in [-0.3, -0.25) is 9.10 Å². The van der Waals surface area contributed by atoms with Crippen molar-refractivity contribution < 1.29 is 17.9 Å². The van der Waals surface area contributed by atoms with Gasteiger partial charge < -0.3 is 15.0 Å². The summed E-state index contributed by atoms with van der Waals surface area (Å²) in [7, 11) is -1.84. The normalized spacial score (nSPS) is 15.4. The third-order valence-corrected chi connectivity index (χ3v) is 6.44. The lowest BCUT2D eigenvalue weighted by molar-refractivity contribution is -0.122. The summed E-state index contributed by atoms with van der Waals surface area (Å²) in [6, 6.07) is 14.4. The monoisotopic (exact) mass is 431 g/mol. The molecule has 1 atom stereocenters. The smallest absolute Gasteiger partial charge is 0.265 e. The van der Waals surface area contributed by atoms with Gasteiger partial charge in [-0.15, -0.1) is 0 Å². The van der Waals surface area contributed by atoms with E-state index in [2.05, 4.69) is 10.2 Å². The Bertz CT molecular complexity index is 953. The Morgan fingerprint density at radius 2 is 1.63 bits per heavy atom. The van der Waals surface area contributed by atoms with Crippen LogP contribution in [0.15, 0.2) is 48.5 Å². The minimum atomic E-state index is -3.32. The minimum absolute atomic E-state index is 0.252. The first-order valence-electron chi connectivity index (χ1n) is 10.1. The van der Waals surface area contributed by atoms with Crippen molar-refractivity contribution in [3.05, 3.63) is 48.5 Å². The Kier molecular flexibility index (Phi) is 6.87. The number of amides is 1. The molecule has 0 unspecified atom stereocenters. The van der Waals surface area contributed by atoms with Gasteiger partial charge in [0.2, 0.25) is 10.0 Å². The zero-order valence-electron chi connectivity index (χ0n) is 17.7. The maximum Gasteiger partial charge on any atom is 0.265 e. The molecule has 162 valence electrons. The predicted molar refractivity (Wildman–Crippen MR) is 121 cm³/mol. The Hall–Kier alpha value is -2.74. The quantitative estimate of drug-likeness (QED) is 0.726. The molecule has 1 saturated heterocycles. The summed E-state index contributed by atoms with van der Waals surface area (Å²) in [5, 5.41) is 2.87. The van der Waals surface area contributed by atoms with Crippen molar-refractivity contribution >= 4 is 33.0 Å². The molecule has 0 saturated carbocycles. The van der Waals surface area contributed by atoms with E-state index in [-0.39, 0.29) is 5.91 Å². The van der Waals surface area contributed by atoms with Crippen molar-refractivity contribution in [1.82, 2.24) is 0 Å². The van der Waals surface area contributed by atoms with Gasteiger partial charge in [-0.1, -0.05) is 0 Å². The Morgan fingerprint density at radius 3 is 2.20 bits per heavy atom. The van der Waals surface area contributed by atoms with Crippen LogP contribution in [-0.4, -0.2) is 46.8 Å². The predicted octanol–water partition coefficient (Wildman–Crippen LogP) is 3.48. The maximum atomic E-state index is 12.5. The largest absolute Gasteiger partial charge is 0.481 e. The fourth-order valence-corrected chi connectivity index (χ4v) is 3.84. The SMILES string of the molecule is C[C@@H](Oc1ccc(N(C)S(C)(=O)=O)cc1)C(=O)Nc1ccc(N2CCCCC2)cc1. The van der Waals surface area contributed by atoms with E-state index >= 15 is 0 Å². The van der Waals surface area contributed by atoms with Crippen LogP contribution >= 0.6 is 0 Å². The molecule has 1 amide bonds. The minimum Gasteiger partial charge on any atom is -0.481 e. The number of ether oxygens (including phenoxy) is 1. The summed E-state index contributed by atoms with van der Waals surface area (Å²) in [5.41, 5.74) is 2.42. The van der Waals surface area contributed by atoms with Crippen molar-refractivity contribution in [1.29, 1.82) is 0 Å². The molecule has 3 rings (SSSR count). The summed E-state index contributed by atoms with van der Waals surface area (Å²) in [4.78, 5) is 14.8. The van der Waals surface area contributed by atoms with E-state index in [1.807, 2.05) is 24.3 Å². The fourth-order valence-electron chi connectivity index (χ4n) is 3.34. The highest BCUT2D eigenvalue weighted by atomic mass is 32.2. The average molecular weight is 432 g/mol. The van der Waals surface area contributed by atoms with E-state index in [4.69, 9.17) is 4.74 Å². The van der Waals surface area contributed by atoms with Crippen LogP contribution in [0.1, 0.15) is 26.2 Å². The van der Waals surface area contributed by atoms with Crippen LogP contribution in [0.25, 0.3) is 0 Å². The van der Waals surface area contributed by atoms with Gasteiger partial charge in [-0.25, -0.2) is 8.42 Å². The Balaban J connectivity index is 1.55. The lowest BCUT2D eigenvalue weighted by Gasteiger charge is -2.28. The van der Waals surface area contributed by atoms with Gasteiger partial charge >= 0.3 is 0 Å². The number of benzene rings is 2. The van der Waals surface area contributed by atoms with E-state index < -0.39 is 16.1 Å². The van der Waals surface area contributed by atoms with Crippen molar-refractivity contribution in [3.8, 4) is 5.75 Å². The van der Waals surface area contributed by atoms with Crippen molar-refractivity contribution in [3.63, 3.8) is 0 Å². The van der Waals surface area contributed by atoms with Crippen LogP contribution in [0.5, 0.6) is 5.75 Å². The van der Waals surface area contributed by atoms with Crippen LogP contribution in [0.2, 0.25) is 0 Å². The number of carbonyl (C=O) groups is 1. The lowest BCUT2D eigenvalue weighted by atomic mass is 10.1. The number of nitrogens with zero attached hydrogens (tertiary/aromatic N) is 2.